The number of amides is 1. The Hall–Kier alpha value is -3.40. The Morgan fingerprint density at radius 3 is 2.20 bits per heavy atom. The number of likely N-dealkylation sites (tertiary alicyclic amines) is 1. The first-order chi connectivity index (χ1) is 14.6. The lowest BCUT2D eigenvalue weighted by Crippen LogP contribution is -2.30. The van der Waals surface area contributed by atoms with E-state index >= 15 is 0 Å². The fourth-order valence-corrected chi connectivity index (χ4v) is 3.88. The second kappa shape index (κ2) is 8.95. The smallest absolute Gasteiger partial charge is 0.316 e. The van der Waals surface area contributed by atoms with Crippen molar-refractivity contribution < 1.29 is 14.3 Å². The molecule has 0 aromatic heterocycles. The van der Waals surface area contributed by atoms with Crippen LogP contribution in [0.25, 0.3) is 0 Å². The number of esters is 1. The molecule has 0 unspecified atom stereocenters. The van der Waals surface area contributed by atoms with Gasteiger partial charge in [0, 0.05) is 13.0 Å². The van der Waals surface area contributed by atoms with Gasteiger partial charge in [0.1, 0.15) is 5.75 Å². The minimum atomic E-state index is -0.437. The van der Waals surface area contributed by atoms with E-state index in [4.69, 9.17) is 4.74 Å². The maximum atomic E-state index is 12.6. The number of rotatable bonds is 6. The maximum absolute atomic E-state index is 12.6. The fraction of sp³-hybridized carbons (Fsp3) is 0.231. The van der Waals surface area contributed by atoms with Crippen molar-refractivity contribution >= 4 is 11.9 Å². The molecule has 4 rings (SSSR count). The Morgan fingerprint density at radius 2 is 1.53 bits per heavy atom. The van der Waals surface area contributed by atoms with Gasteiger partial charge in [0.2, 0.25) is 5.91 Å². The molecule has 1 amide bonds. The van der Waals surface area contributed by atoms with Gasteiger partial charge in [-0.15, -0.1) is 0 Å². The first kappa shape index (κ1) is 19.9. The van der Waals surface area contributed by atoms with E-state index in [1.807, 2.05) is 79.7 Å². The molecule has 0 radical (unpaired) electrons. The summed E-state index contributed by atoms with van der Waals surface area (Å²) in [7, 11) is 0. The summed E-state index contributed by atoms with van der Waals surface area (Å²) < 4.78 is 5.57. The van der Waals surface area contributed by atoms with E-state index in [0.29, 0.717) is 12.3 Å². The summed E-state index contributed by atoms with van der Waals surface area (Å²) >= 11 is 0. The van der Waals surface area contributed by atoms with Gasteiger partial charge in [0.25, 0.3) is 0 Å². The lowest BCUT2D eigenvalue weighted by Gasteiger charge is -2.25. The highest BCUT2D eigenvalue weighted by molar-refractivity contribution is 5.87. The van der Waals surface area contributed by atoms with Gasteiger partial charge in [0.05, 0.1) is 12.0 Å². The molecule has 1 aliphatic rings. The third-order valence-electron chi connectivity index (χ3n) is 5.63. The molecule has 0 N–H and O–H groups in total. The van der Waals surface area contributed by atoms with Crippen LogP contribution in [0.3, 0.4) is 0 Å². The van der Waals surface area contributed by atoms with Gasteiger partial charge in [-0.1, -0.05) is 72.8 Å². The third-order valence-corrected chi connectivity index (χ3v) is 5.63. The molecule has 0 bridgehead atoms. The summed E-state index contributed by atoms with van der Waals surface area (Å²) in [5.74, 6) is -0.278. The zero-order valence-corrected chi connectivity index (χ0v) is 17.0. The van der Waals surface area contributed by atoms with E-state index in [0.717, 1.165) is 17.5 Å². The van der Waals surface area contributed by atoms with Gasteiger partial charge in [-0.2, -0.15) is 0 Å². The zero-order valence-electron chi connectivity index (χ0n) is 17.0. The number of benzene rings is 3. The fourth-order valence-electron chi connectivity index (χ4n) is 3.88. The van der Waals surface area contributed by atoms with Crippen molar-refractivity contribution in [2.45, 2.75) is 25.8 Å². The largest absolute Gasteiger partial charge is 0.426 e. The van der Waals surface area contributed by atoms with Gasteiger partial charge < -0.3 is 9.64 Å². The SMILES string of the molecule is C[C@H](c1ccccc1)N1C[C@H](C(=O)Oc2ccc(Cc3ccccc3)cc2)CC1=O. The van der Waals surface area contributed by atoms with E-state index in [-0.39, 0.29) is 24.3 Å². The van der Waals surface area contributed by atoms with Gasteiger partial charge in [-0.05, 0) is 42.2 Å². The predicted octanol–water partition coefficient (Wildman–Crippen LogP) is 4.79. The number of carbonyl (C=O) groups excluding carboxylic acids is 2. The first-order valence-corrected chi connectivity index (χ1v) is 10.3. The second-order valence-corrected chi connectivity index (χ2v) is 7.76. The molecule has 0 aliphatic carbocycles. The van der Waals surface area contributed by atoms with Crippen molar-refractivity contribution in [2.24, 2.45) is 5.92 Å². The molecule has 152 valence electrons. The van der Waals surface area contributed by atoms with Crippen molar-refractivity contribution in [2.75, 3.05) is 6.54 Å². The minimum Gasteiger partial charge on any atom is -0.426 e. The molecule has 1 aliphatic heterocycles. The van der Waals surface area contributed by atoms with Crippen LogP contribution >= 0.6 is 0 Å². The van der Waals surface area contributed by atoms with Gasteiger partial charge in [-0.25, -0.2) is 0 Å². The average Bonchev–Trinajstić information content (AvgIpc) is 3.18. The second-order valence-electron chi connectivity index (χ2n) is 7.76. The summed E-state index contributed by atoms with van der Waals surface area (Å²) in [6.07, 6.45) is 1.03. The summed E-state index contributed by atoms with van der Waals surface area (Å²) in [4.78, 5) is 26.9. The summed E-state index contributed by atoms with van der Waals surface area (Å²) in [6, 6.07) is 27.6. The molecule has 1 heterocycles. The first-order valence-electron chi connectivity index (χ1n) is 10.3. The Kier molecular flexibility index (Phi) is 5.94. The van der Waals surface area contributed by atoms with Crippen molar-refractivity contribution in [1.82, 2.24) is 4.90 Å². The summed E-state index contributed by atoms with van der Waals surface area (Å²) in [5, 5.41) is 0. The minimum absolute atomic E-state index is 0.00786. The lowest BCUT2D eigenvalue weighted by atomic mass is 10.1. The van der Waals surface area contributed by atoms with Crippen LogP contribution in [0.4, 0.5) is 0 Å². The topological polar surface area (TPSA) is 46.6 Å². The third kappa shape index (κ3) is 4.60. The van der Waals surface area contributed by atoms with Crippen LogP contribution in [-0.4, -0.2) is 23.3 Å². The predicted molar refractivity (Wildman–Crippen MR) is 116 cm³/mol. The Labute approximate surface area is 177 Å². The van der Waals surface area contributed by atoms with E-state index in [1.165, 1.54) is 5.56 Å². The van der Waals surface area contributed by atoms with Crippen LogP contribution in [-0.2, 0) is 16.0 Å². The van der Waals surface area contributed by atoms with E-state index in [9.17, 15) is 9.59 Å². The maximum Gasteiger partial charge on any atom is 0.316 e. The van der Waals surface area contributed by atoms with Crippen molar-refractivity contribution in [1.29, 1.82) is 0 Å². The van der Waals surface area contributed by atoms with Gasteiger partial charge >= 0.3 is 5.97 Å². The molecular weight excluding hydrogens is 374 g/mol. The van der Waals surface area contributed by atoms with Crippen LogP contribution in [0.1, 0.15) is 36.1 Å². The van der Waals surface area contributed by atoms with E-state index < -0.39 is 5.92 Å². The van der Waals surface area contributed by atoms with Gasteiger partial charge in [-0.3, -0.25) is 9.59 Å². The quantitative estimate of drug-likeness (QED) is 0.442. The monoisotopic (exact) mass is 399 g/mol. The molecule has 3 aromatic carbocycles. The van der Waals surface area contributed by atoms with E-state index in [1.54, 1.807) is 4.90 Å². The summed E-state index contributed by atoms with van der Waals surface area (Å²) in [6.45, 7) is 2.38. The van der Waals surface area contributed by atoms with Crippen molar-refractivity contribution in [3.63, 3.8) is 0 Å². The standard InChI is InChI=1S/C26H25NO3/c1-19(22-10-6-3-7-11-22)27-18-23(17-25(27)28)26(29)30-24-14-12-21(13-15-24)16-20-8-4-2-5-9-20/h2-15,19,23H,16-18H2,1H3/t19-,23-/m1/s1. The molecule has 30 heavy (non-hydrogen) atoms. The molecule has 3 aromatic rings. The molecule has 0 spiro atoms. The number of hydrogen-bond donors (Lipinski definition) is 0. The summed E-state index contributed by atoms with van der Waals surface area (Å²) in [5.41, 5.74) is 3.45. The highest BCUT2D eigenvalue weighted by Gasteiger charge is 2.38. The van der Waals surface area contributed by atoms with Crippen LogP contribution in [0.2, 0.25) is 0 Å². The normalized spacial score (nSPS) is 17.0. The van der Waals surface area contributed by atoms with Crippen molar-refractivity contribution in [3.8, 4) is 5.75 Å². The molecular formula is C26H25NO3. The van der Waals surface area contributed by atoms with Crippen LogP contribution in [0.15, 0.2) is 84.9 Å². The number of hydrogen-bond acceptors (Lipinski definition) is 3. The highest BCUT2D eigenvalue weighted by Crippen LogP contribution is 2.29. The van der Waals surface area contributed by atoms with Crippen LogP contribution in [0, 0.1) is 5.92 Å². The Bertz CT molecular complexity index is 999. The Balaban J connectivity index is 1.35. The average molecular weight is 399 g/mol. The Morgan fingerprint density at radius 1 is 0.933 bits per heavy atom. The number of ether oxygens (including phenoxy) is 1. The molecule has 1 fully saturated rings. The molecule has 0 saturated carbocycles. The highest BCUT2D eigenvalue weighted by atomic mass is 16.5. The van der Waals surface area contributed by atoms with Gasteiger partial charge in [0.15, 0.2) is 0 Å². The van der Waals surface area contributed by atoms with Crippen LogP contribution < -0.4 is 4.74 Å². The van der Waals surface area contributed by atoms with Crippen LogP contribution in [0.5, 0.6) is 5.75 Å². The number of nitrogens with zero attached hydrogens (tertiary/aromatic N) is 1. The molecule has 4 nitrogen and oxygen atoms in total. The molecule has 4 heteroatoms. The molecule has 2 atom stereocenters. The van der Waals surface area contributed by atoms with Crippen molar-refractivity contribution in [3.05, 3.63) is 102 Å². The van der Waals surface area contributed by atoms with E-state index in [2.05, 4.69) is 12.1 Å². The zero-order chi connectivity index (χ0) is 20.9. The molecule has 1 saturated heterocycles. The number of carbonyl (C=O) groups is 2. The lowest BCUT2D eigenvalue weighted by molar-refractivity contribution is -0.139.